The molecule has 0 N–H and O–H groups in total. The standard InChI is InChI=1S/C17H25NO2/c1-20-17(19)16(13-15-9-5-4-6-10-15)14-18-11-7-2-3-8-12-18/h4-6,9-10,16H,2-3,7-8,11-14H2,1H3. The van der Waals surface area contributed by atoms with Gasteiger partial charge in [-0.2, -0.15) is 0 Å². The second-order valence-electron chi connectivity index (χ2n) is 5.62. The van der Waals surface area contributed by atoms with Crippen molar-refractivity contribution in [3.05, 3.63) is 35.9 Å². The molecule has 2 rings (SSSR count). The lowest BCUT2D eigenvalue weighted by Crippen LogP contribution is -2.35. The molecule has 1 aliphatic heterocycles. The van der Waals surface area contributed by atoms with Crippen LogP contribution in [0.1, 0.15) is 31.2 Å². The molecule has 20 heavy (non-hydrogen) atoms. The number of esters is 1. The van der Waals surface area contributed by atoms with Gasteiger partial charge < -0.3 is 9.64 Å². The molecule has 110 valence electrons. The molecule has 1 unspecified atom stereocenters. The number of hydrogen-bond donors (Lipinski definition) is 0. The molecule has 1 aromatic rings. The van der Waals surface area contributed by atoms with Crippen LogP contribution in [-0.4, -0.2) is 37.6 Å². The van der Waals surface area contributed by atoms with Crippen LogP contribution in [0.3, 0.4) is 0 Å². The third-order valence-corrected chi connectivity index (χ3v) is 4.04. The van der Waals surface area contributed by atoms with E-state index in [1.165, 1.54) is 38.4 Å². The summed E-state index contributed by atoms with van der Waals surface area (Å²) < 4.78 is 4.99. The third kappa shape index (κ3) is 4.64. The lowest BCUT2D eigenvalue weighted by Gasteiger charge is -2.24. The first kappa shape index (κ1) is 15.0. The fraction of sp³-hybridized carbons (Fsp3) is 0.588. The number of likely N-dealkylation sites (tertiary alicyclic amines) is 1. The summed E-state index contributed by atoms with van der Waals surface area (Å²) in [7, 11) is 1.49. The molecule has 0 spiro atoms. The first-order valence-corrected chi connectivity index (χ1v) is 7.63. The van der Waals surface area contributed by atoms with Gasteiger partial charge in [0.15, 0.2) is 0 Å². The van der Waals surface area contributed by atoms with E-state index in [1.807, 2.05) is 18.2 Å². The summed E-state index contributed by atoms with van der Waals surface area (Å²) in [5.74, 6) is -0.140. The van der Waals surface area contributed by atoms with Gasteiger partial charge in [-0.15, -0.1) is 0 Å². The number of ether oxygens (including phenoxy) is 1. The van der Waals surface area contributed by atoms with Gasteiger partial charge >= 0.3 is 5.97 Å². The molecule has 1 aliphatic rings. The highest BCUT2D eigenvalue weighted by Gasteiger charge is 2.23. The summed E-state index contributed by atoms with van der Waals surface area (Å²) in [6.07, 6.45) is 5.90. The van der Waals surface area contributed by atoms with E-state index >= 15 is 0 Å². The number of nitrogens with zero attached hydrogens (tertiary/aromatic N) is 1. The first-order valence-electron chi connectivity index (χ1n) is 7.63. The van der Waals surface area contributed by atoms with Crippen molar-refractivity contribution in [1.29, 1.82) is 0 Å². The number of hydrogen-bond acceptors (Lipinski definition) is 3. The summed E-state index contributed by atoms with van der Waals surface area (Å²) in [4.78, 5) is 14.5. The Hall–Kier alpha value is -1.35. The molecule has 1 fully saturated rings. The van der Waals surface area contributed by atoms with E-state index in [4.69, 9.17) is 4.74 Å². The molecule has 0 bridgehead atoms. The van der Waals surface area contributed by atoms with Crippen molar-refractivity contribution >= 4 is 5.97 Å². The molecule has 3 heteroatoms. The van der Waals surface area contributed by atoms with Gasteiger partial charge in [-0.1, -0.05) is 43.2 Å². The maximum atomic E-state index is 12.0. The molecule has 3 nitrogen and oxygen atoms in total. The molecular weight excluding hydrogens is 250 g/mol. The second-order valence-corrected chi connectivity index (χ2v) is 5.62. The SMILES string of the molecule is COC(=O)C(Cc1ccccc1)CN1CCCCCC1. The van der Waals surface area contributed by atoms with Crippen LogP contribution >= 0.6 is 0 Å². The van der Waals surface area contributed by atoms with Gasteiger partial charge in [-0.05, 0) is 37.9 Å². The van der Waals surface area contributed by atoms with E-state index in [0.29, 0.717) is 0 Å². The summed E-state index contributed by atoms with van der Waals surface area (Å²) in [6, 6.07) is 10.2. The summed E-state index contributed by atoms with van der Waals surface area (Å²) in [5.41, 5.74) is 1.21. The van der Waals surface area contributed by atoms with Gasteiger partial charge in [0.05, 0.1) is 13.0 Å². The Bertz CT molecular complexity index is 397. The van der Waals surface area contributed by atoms with Gasteiger partial charge in [-0.3, -0.25) is 4.79 Å². The largest absolute Gasteiger partial charge is 0.469 e. The van der Waals surface area contributed by atoms with Crippen molar-refractivity contribution in [1.82, 2.24) is 4.90 Å². The van der Waals surface area contributed by atoms with Gasteiger partial charge in [0.1, 0.15) is 0 Å². The van der Waals surface area contributed by atoms with Crippen molar-refractivity contribution in [3.8, 4) is 0 Å². The Labute approximate surface area is 121 Å². The van der Waals surface area contributed by atoms with Gasteiger partial charge in [0, 0.05) is 6.54 Å². The molecule has 0 aliphatic carbocycles. The topological polar surface area (TPSA) is 29.5 Å². The van der Waals surface area contributed by atoms with E-state index in [9.17, 15) is 4.79 Å². The number of rotatable bonds is 5. The quantitative estimate of drug-likeness (QED) is 0.774. The molecule has 1 saturated heterocycles. The van der Waals surface area contributed by atoms with Crippen molar-refractivity contribution < 1.29 is 9.53 Å². The molecule has 0 radical (unpaired) electrons. The fourth-order valence-electron chi connectivity index (χ4n) is 2.92. The first-order chi connectivity index (χ1) is 9.79. The molecule has 0 saturated carbocycles. The Morgan fingerprint density at radius 1 is 1.15 bits per heavy atom. The summed E-state index contributed by atoms with van der Waals surface area (Å²) in [5, 5.41) is 0. The van der Waals surface area contributed by atoms with Gasteiger partial charge in [0.25, 0.3) is 0 Å². The third-order valence-electron chi connectivity index (χ3n) is 4.04. The van der Waals surface area contributed by atoms with Crippen LogP contribution in [0.15, 0.2) is 30.3 Å². The molecule has 1 atom stereocenters. The number of benzene rings is 1. The molecule has 0 amide bonds. The minimum Gasteiger partial charge on any atom is -0.469 e. The van der Waals surface area contributed by atoms with Crippen molar-refractivity contribution in [2.75, 3.05) is 26.7 Å². The van der Waals surface area contributed by atoms with Gasteiger partial charge in [0.2, 0.25) is 0 Å². The van der Waals surface area contributed by atoms with E-state index in [2.05, 4.69) is 17.0 Å². The fourth-order valence-corrected chi connectivity index (χ4v) is 2.92. The van der Waals surface area contributed by atoms with Crippen LogP contribution in [-0.2, 0) is 16.0 Å². The minimum atomic E-state index is -0.0851. The summed E-state index contributed by atoms with van der Waals surface area (Å²) in [6.45, 7) is 3.05. The van der Waals surface area contributed by atoms with Gasteiger partial charge in [-0.25, -0.2) is 0 Å². The van der Waals surface area contributed by atoms with Crippen LogP contribution in [0.5, 0.6) is 0 Å². The van der Waals surface area contributed by atoms with Crippen molar-refractivity contribution in [2.45, 2.75) is 32.1 Å². The molecular formula is C17H25NO2. The van der Waals surface area contributed by atoms with Crippen LogP contribution in [0, 0.1) is 5.92 Å². The number of methoxy groups -OCH3 is 1. The lowest BCUT2D eigenvalue weighted by molar-refractivity contribution is -0.146. The highest BCUT2D eigenvalue weighted by atomic mass is 16.5. The summed E-state index contributed by atoms with van der Waals surface area (Å²) >= 11 is 0. The minimum absolute atomic E-state index is 0.0551. The zero-order chi connectivity index (χ0) is 14.2. The van der Waals surface area contributed by atoms with Crippen LogP contribution in [0.4, 0.5) is 0 Å². The molecule has 1 aromatic carbocycles. The highest BCUT2D eigenvalue weighted by molar-refractivity contribution is 5.73. The Balaban J connectivity index is 1.97. The molecule has 0 aromatic heterocycles. The maximum Gasteiger partial charge on any atom is 0.310 e. The predicted octanol–water partition coefficient (Wildman–Crippen LogP) is 2.89. The Morgan fingerprint density at radius 2 is 1.80 bits per heavy atom. The van der Waals surface area contributed by atoms with Crippen molar-refractivity contribution in [2.24, 2.45) is 5.92 Å². The predicted molar refractivity (Wildman–Crippen MR) is 80.6 cm³/mol. The molecule has 1 heterocycles. The zero-order valence-corrected chi connectivity index (χ0v) is 12.4. The number of carbonyl (C=O) groups excluding carboxylic acids is 1. The van der Waals surface area contributed by atoms with Crippen LogP contribution in [0.25, 0.3) is 0 Å². The van der Waals surface area contributed by atoms with E-state index in [1.54, 1.807) is 0 Å². The average molecular weight is 275 g/mol. The zero-order valence-electron chi connectivity index (χ0n) is 12.4. The van der Waals surface area contributed by atoms with Crippen LogP contribution < -0.4 is 0 Å². The lowest BCUT2D eigenvalue weighted by atomic mass is 9.98. The van der Waals surface area contributed by atoms with E-state index in [-0.39, 0.29) is 11.9 Å². The Kier molecular flexibility index (Phi) is 6.06. The highest BCUT2D eigenvalue weighted by Crippen LogP contribution is 2.16. The normalized spacial score (nSPS) is 18.2. The monoisotopic (exact) mass is 275 g/mol. The van der Waals surface area contributed by atoms with E-state index < -0.39 is 0 Å². The average Bonchev–Trinajstić information content (AvgIpc) is 2.75. The smallest absolute Gasteiger partial charge is 0.310 e. The second kappa shape index (κ2) is 8.05. The van der Waals surface area contributed by atoms with Crippen molar-refractivity contribution in [3.63, 3.8) is 0 Å². The maximum absolute atomic E-state index is 12.0. The van der Waals surface area contributed by atoms with E-state index in [0.717, 1.165) is 26.1 Å². The van der Waals surface area contributed by atoms with Crippen LogP contribution in [0.2, 0.25) is 0 Å². The number of carbonyl (C=O) groups is 1. The Morgan fingerprint density at radius 3 is 2.40 bits per heavy atom.